The Bertz CT molecular complexity index is 1850. The maximum absolute atomic E-state index is 5.99. The fraction of sp³-hybridized carbons (Fsp3) is 0.417. The third-order valence-corrected chi connectivity index (χ3v) is 11.5. The highest BCUT2D eigenvalue weighted by atomic mass is 32.1. The van der Waals surface area contributed by atoms with Gasteiger partial charge in [-0.15, -0.1) is 0 Å². The highest BCUT2D eigenvalue weighted by molar-refractivity contribution is 7.80. The number of nitrogens with one attached hydrogen (secondary N) is 8. The van der Waals surface area contributed by atoms with Gasteiger partial charge in [0, 0.05) is 77.4 Å². The summed E-state index contributed by atoms with van der Waals surface area (Å²) in [7, 11) is 0. The van der Waals surface area contributed by atoms with Crippen LogP contribution in [0.25, 0.3) is 0 Å². The van der Waals surface area contributed by atoms with Crippen molar-refractivity contribution in [3.8, 4) is 0 Å². The van der Waals surface area contributed by atoms with Crippen LogP contribution in [-0.2, 0) is 35.7 Å². The molecule has 4 aromatic rings. The number of ether oxygens (including phenoxy) is 2. The summed E-state index contributed by atoms with van der Waals surface area (Å²) in [6.45, 7) is 11.6. The lowest BCUT2D eigenvalue weighted by molar-refractivity contribution is 0.0989. The van der Waals surface area contributed by atoms with E-state index in [9.17, 15) is 0 Å². The molecule has 0 spiro atoms. The molecule has 0 atom stereocenters. The molecule has 11 rings (SSSR count). The molecule has 8 N–H and O–H groups in total. The zero-order valence-electron chi connectivity index (χ0n) is 37.9. The van der Waals surface area contributed by atoms with Gasteiger partial charge in [0.05, 0.1) is 36.0 Å². The normalized spacial score (nSPS) is 17.4. The summed E-state index contributed by atoms with van der Waals surface area (Å²) in [6, 6.07) is 31.7. The van der Waals surface area contributed by atoms with Crippen molar-refractivity contribution in [1.82, 2.24) is 42.5 Å². The number of hydrogen-bond acceptors (Lipinski definition) is 10. The summed E-state index contributed by atoms with van der Waals surface area (Å²) in [5.74, 6) is 0.261. The van der Waals surface area contributed by atoms with Crippen LogP contribution in [0.5, 0.6) is 0 Å². The first kappa shape index (κ1) is 51.7. The second-order valence-corrected chi connectivity index (χ2v) is 17.5. The van der Waals surface area contributed by atoms with Gasteiger partial charge in [-0.25, -0.2) is 0 Å². The quantitative estimate of drug-likeness (QED) is 0.0561. The van der Waals surface area contributed by atoms with E-state index in [2.05, 4.69) is 76.8 Å². The lowest BCUT2D eigenvalue weighted by atomic mass is 10.1. The highest BCUT2D eigenvalue weighted by Gasteiger charge is 2.13. The molecule has 0 aromatic heterocycles. The number of rotatable bonds is 10. The van der Waals surface area contributed by atoms with E-state index in [0.717, 1.165) is 83.9 Å². The molecule has 8 bridgehead atoms. The molecular weight excluding hydrogens is 905 g/mol. The van der Waals surface area contributed by atoms with Gasteiger partial charge in [-0.05, 0) is 132 Å². The monoisotopic (exact) mass is 968 g/mol. The van der Waals surface area contributed by atoms with Crippen LogP contribution in [0.2, 0.25) is 0 Å². The summed E-state index contributed by atoms with van der Waals surface area (Å²) in [4.78, 5) is 0. The highest BCUT2D eigenvalue weighted by Crippen LogP contribution is 2.21. The number of benzene rings is 4. The van der Waals surface area contributed by atoms with E-state index in [4.69, 9.17) is 58.3 Å². The molecule has 7 heterocycles. The van der Waals surface area contributed by atoms with E-state index in [1.54, 1.807) is 0 Å². The van der Waals surface area contributed by atoms with Crippen LogP contribution in [0.4, 0.5) is 22.7 Å². The Morgan fingerprint density at radius 2 is 0.636 bits per heavy atom. The van der Waals surface area contributed by atoms with Gasteiger partial charge in [0.15, 0.2) is 20.4 Å². The molecule has 18 heteroatoms. The van der Waals surface area contributed by atoms with E-state index in [1.807, 2.05) is 97.1 Å². The van der Waals surface area contributed by atoms with Gasteiger partial charge in [0.1, 0.15) is 0 Å². The van der Waals surface area contributed by atoms with Gasteiger partial charge < -0.3 is 52.0 Å². The number of thiocarbonyl (C=S) groups is 4. The van der Waals surface area contributed by atoms with Crippen molar-refractivity contribution in [2.75, 3.05) is 52.6 Å². The van der Waals surface area contributed by atoms with Gasteiger partial charge in [-0.1, -0.05) is 75.2 Å². The molecule has 0 aliphatic carbocycles. The molecule has 0 radical (unpaired) electrons. The molecule has 0 unspecified atom stereocenters. The smallest absolute Gasteiger partial charge is 0.166 e. The van der Waals surface area contributed by atoms with E-state index >= 15 is 0 Å². The van der Waals surface area contributed by atoms with Gasteiger partial charge in [0.2, 0.25) is 0 Å². The molecular formula is C48H64N12O2S4. The first-order valence-corrected chi connectivity index (χ1v) is 24.3. The largest absolute Gasteiger partial charge is 0.381 e. The van der Waals surface area contributed by atoms with Crippen LogP contribution in [0.3, 0.4) is 0 Å². The second kappa shape index (κ2) is 30.1. The van der Waals surface area contributed by atoms with E-state index in [0.29, 0.717) is 86.0 Å². The van der Waals surface area contributed by atoms with Crippen molar-refractivity contribution < 1.29 is 9.47 Å². The maximum Gasteiger partial charge on any atom is 0.166 e. The Labute approximate surface area is 411 Å². The Hall–Kier alpha value is -5.24. The average molecular weight is 969 g/mol. The fourth-order valence-corrected chi connectivity index (χ4v) is 6.88. The lowest BCUT2D eigenvalue weighted by Gasteiger charge is -2.21. The number of unbranched alkanes of at least 4 members (excludes halogenated alkanes) is 2. The van der Waals surface area contributed by atoms with Gasteiger partial charge >= 0.3 is 0 Å². The molecule has 0 fully saturated rings. The molecule has 352 valence electrons. The molecule has 4 aromatic carbocycles. The zero-order valence-corrected chi connectivity index (χ0v) is 41.2. The summed E-state index contributed by atoms with van der Waals surface area (Å²) in [5, 5.41) is 46.7. The van der Waals surface area contributed by atoms with Crippen LogP contribution in [0.1, 0.15) is 61.8 Å². The third kappa shape index (κ3) is 20.9. The fourth-order valence-electron chi connectivity index (χ4n) is 6.25. The van der Waals surface area contributed by atoms with Gasteiger partial charge in [-0.3, -0.25) is 0 Å². The summed E-state index contributed by atoms with van der Waals surface area (Å²) in [5.41, 5.74) is 7.29. The topological polar surface area (TPSA) is 164 Å². The first-order valence-electron chi connectivity index (χ1n) is 22.7. The minimum atomic E-state index is 0.130. The van der Waals surface area contributed by atoms with Crippen LogP contribution in [0.15, 0.2) is 118 Å². The van der Waals surface area contributed by atoms with E-state index in [-0.39, 0.29) is 11.8 Å². The second-order valence-electron chi connectivity index (χ2n) is 15.9. The number of hydrogen-bond donors (Lipinski definition) is 8. The van der Waals surface area contributed by atoms with Crippen LogP contribution < -0.4 is 42.5 Å². The summed E-state index contributed by atoms with van der Waals surface area (Å²) >= 11 is 22.6. The van der Waals surface area contributed by atoms with E-state index in [1.165, 1.54) is 0 Å². The van der Waals surface area contributed by atoms with Crippen LogP contribution >= 0.6 is 48.9 Å². The van der Waals surface area contributed by atoms with Crippen LogP contribution in [0, 0.1) is 11.8 Å². The molecule has 7 aliphatic heterocycles. The predicted molar refractivity (Wildman–Crippen MR) is 282 cm³/mol. The first-order chi connectivity index (χ1) is 32.2. The Balaban J connectivity index is 1.20. The van der Waals surface area contributed by atoms with Gasteiger partial charge in [-0.2, -0.15) is 20.5 Å². The molecule has 0 saturated carbocycles. The van der Waals surface area contributed by atoms with Crippen molar-refractivity contribution in [3.05, 3.63) is 119 Å². The Kier molecular flexibility index (Phi) is 23.6. The van der Waals surface area contributed by atoms with E-state index < -0.39 is 0 Å². The summed E-state index contributed by atoms with van der Waals surface area (Å²) < 4.78 is 12.0. The maximum atomic E-state index is 5.99. The van der Waals surface area contributed by atoms with Gasteiger partial charge in [0.25, 0.3) is 0 Å². The minimum Gasteiger partial charge on any atom is -0.381 e. The number of nitrogens with zero attached hydrogens (tertiary/aromatic N) is 4. The lowest BCUT2D eigenvalue weighted by Crippen LogP contribution is -2.44. The van der Waals surface area contributed by atoms with Crippen molar-refractivity contribution in [2.45, 2.75) is 65.7 Å². The molecule has 14 nitrogen and oxygen atoms in total. The molecule has 0 saturated heterocycles. The SMILES string of the molecule is CCCCOCC1CNC(=S)NCc2ccc(cc2)N=Nc2ccc(cc2)CNC(=S)NCC(COCCCC)CNC(=S)NCc2ccc(cc2)N=Nc2ccc(cc2)CNC(=S)NC1. The van der Waals surface area contributed by atoms with Crippen molar-refractivity contribution in [1.29, 1.82) is 0 Å². The zero-order chi connectivity index (χ0) is 46.6. The molecule has 66 heavy (non-hydrogen) atoms. The molecule has 7 aliphatic rings. The van der Waals surface area contributed by atoms with Crippen molar-refractivity contribution in [3.63, 3.8) is 0 Å². The Morgan fingerprint density at radius 1 is 0.394 bits per heavy atom. The summed E-state index contributed by atoms with van der Waals surface area (Å²) in [6.07, 6.45) is 4.19. The van der Waals surface area contributed by atoms with Crippen molar-refractivity contribution in [2.24, 2.45) is 32.3 Å². The minimum absolute atomic E-state index is 0.130. The third-order valence-electron chi connectivity index (χ3n) is 10.3. The standard InChI is InChI=1S/C48H64N12O2S4/c1-3-5-23-61-33-39-29-53-45(63)49-25-35-7-15-41(16-8-35)57-59-43-19-11-37(12-20-43)27-51-47(65)55-31-40(34-62-24-6-4-2)32-56-48(66)52-28-38-13-21-44(22-14-38)60-58-42-17-9-36(10-18-42)26-50-46(64)54-30-39/h7-22,39-40H,3-6,23-34H2,1-2H3,(H2,49,53,63)(H2,50,54,64)(H2,51,55,65)(H2,52,56,66). The molecule has 0 amide bonds. The average Bonchev–Trinajstić information content (AvgIpc) is 3.34. The Morgan fingerprint density at radius 3 is 0.864 bits per heavy atom. The number of azo groups is 2. The predicted octanol–water partition coefficient (Wildman–Crippen LogP) is 8.95. The van der Waals surface area contributed by atoms with Crippen molar-refractivity contribution >= 4 is 92.1 Å². The van der Waals surface area contributed by atoms with Crippen LogP contribution in [-0.4, -0.2) is 73.1 Å².